The number of piperazine rings is 1. The number of ether oxygens (including phenoxy) is 1. The van der Waals surface area contributed by atoms with E-state index >= 15 is 0 Å². The van der Waals surface area contributed by atoms with Gasteiger partial charge in [0.05, 0.1) is 18.0 Å². The van der Waals surface area contributed by atoms with Crippen LogP contribution in [0.4, 0.5) is 10.7 Å². The van der Waals surface area contributed by atoms with Crippen molar-refractivity contribution in [3.63, 3.8) is 0 Å². The number of nitrogens with zero attached hydrogens (tertiary/aromatic N) is 4. The Balaban J connectivity index is 1.60. The summed E-state index contributed by atoms with van der Waals surface area (Å²) in [5.74, 6) is 1.09. The van der Waals surface area contributed by atoms with E-state index < -0.39 is 0 Å². The molecule has 1 saturated heterocycles. The van der Waals surface area contributed by atoms with Crippen molar-refractivity contribution in [1.29, 1.82) is 0 Å². The molecule has 0 atom stereocenters. The highest BCUT2D eigenvalue weighted by molar-refractivity contribution is 5.68. The van der Waals surface area contributed by atoms with Gasteiger partial charge in [0, 0.05) is 26.2 Å². The van der Waals surface area contributed by atoms with Crippen LogP contribution in [0, 0.1) is 5.92 Å². The molecule has 0 bridgehead atoms. The predicted molar refractivity (Wildman–Crippen MR) is 88.6 cm³/mol. The second kappa shape index (κ2) is 6.81. The van der Waals surface area contributed by atoms with Crippen LogP contribution < -0.4 is 4.90 Å². The molecule has 6 heteroatoms. The first-order valence-corrected chi connectivity index (χ1v) is 8.03. The van der Waals surface area contributed by atoms with Crippen LogP contribution in [0.25, 0.3) is 11.4 Å². The normalized spacial score (nSPS) is 15.3. The number of fused-ring (bicyclic) bond motifs is 1. The van der Waals surface area contributed by atoms with Crippen molar-refractivity contribution < 1.29 is 9.53 Å². The Labute approximate surface area is 136 Å². The minimum absolute atomic E-state index is 0.223. The Kier molecular flexibility index (Phi) is 4.60. The maximum absolute atomic E-state index is 12.0. The predicted octanol–water partition coefficient (Wildman–Crippen LogP) is 2.50. The molecule has 0 aromatic rings. The van der Waals surface area contributed by atoms with Gasteiger partial charge in [-0.25, -0.2) is 14.8 Å². The fraction of sp³-hybridized carbons (Fsp3) is 0.471. The zero-order valence-electron chi connectivity index (χ0n) is 13.6. The van der Waals surface area contributed by atoms with Crippen molar-refractivity contribution in [3.8, 4) is 11.4 Å². The topological polar surface area (TPSA) is 58.6 Å². The molecule has 1 aliphatic carbocycles. The summed E-state index contributed by atoms with van der Waals surface area (Å²) in [6, 6.07) is 9.81. The smallest absolute Gasteiger partial charge is 0.409 e. The Morgan fingerprint density at radius 2 is 1.70 bits per heavy atom. The van der Waals surface area contributed by atoms with Crippen LogP contribution in [0.1, 0.15) is 13.8 Å². The molecule has 6 nitrogen and oxygen atoms in total. The summed E-state index contributed by atoms with van der Waals surface area (Å²) in [5, 5.41) is 0. The van der Waals surface area contributed by atoms with Gasteiger partial charge in [-0.1, -0.05) is 32.0 Å². The molecule has 0 aromatic heterocycles. The average Bonchev–Trinajstić information content (AvgIpc) is 2.83. The van der Waals surface area contributed by atoms with Crippen LogP contribution in [0.2, 0.25) is 0 Å². The maximum atomic E-state index is 12.0. The highest BCUT2D eigenvalue weighted by Crippen LogP contribution is 2.22. The van der Waals surface area contributed by atoms with Gasteiger partial charge in [-0.05, 0) is 18.1 Å². The van der Waals surface area contributed by atoms with E-state index in [-0.39, 0.29) is 6.09 Å². The Bertz CT molecular complexity index is 608. The van der Waals surface area contributed by atoms with E-state index in [2.05, 4.69) is 14.9 Å². The van der Waals surface area contributed by atoms with Crippen LogP contribution in [0.3, 0.4) is 0 Å². The Morgan fingerprint density at radius 3 is 2.26 bits per heavy atom. The molecular formula is C17H22N4O2. The quantitative estimate of drug-likeness (QED) is 0.871. The molecule has 1 amide bonds. The molecule has 3 rings (SSSR count). The molecule has 0 saturated carbocycles. The lowest BCUT2D eigenvalue weighted by Crippen LogP contribution is -2.49. The molecule has 0 spiro atoms. The monoisotopic (exact) mass is 314 g/mol. The Morgan fingerprint density at radius 1 is 1.09 bits per heavy atom. The summed E-state index contributed by atoms with van der Waals surface area (Å²) in [7, 11) is 0. The molecular weight excluding hydrogens is 292 g/mol. The van der Waals surface area contributed by atoms with Crippen molar-refractivity contribution in [2.24, 2.45) is 5.92 Å². The summed E-state index contributed by atoms with van der Waals surface area (Å²) >= 11 is 0. The van der Waals surface area contributed by atoms with Crippen molar-refractivity contribution in [2.75, 3.05) is 37.7 Å². The highest BCUT2D eigenvalue weighted by Gasteiger charge is 2.25. The molecule has 0 radical (unpaired) electrons. The largest absolute Gasteiger partial charge is 0.449 e. The molecule has 23 heavy (non-hydrogen) atoms. The number of imidazole rings is 1. The van der Waals surface area contributed by atoms with Gasteiger partial charge in [-0.15, -0.1) is 0 Å². The van der Waals surface area contributed by atoms with E-state index in [0.29, 0.717) is 25.6 Å². The number of carbonyl (C=O) groups is 1. The second-order valence-corrected chi connectivity index (χ2v) is 6.15. The van der Waals surface area contributed by atoms with E-state index in [9.17, 15) is 4.79 Å². The van der Waals surface area contributed by atoms with E-state index in [1.165, 1.54) is 0 Å². The van der Waals surface area contributed by atoms with Crippen LogP contribution in [-0.2, 0) is 4.74 Å². The third-order valence-electron chi connectivity index (χ3n) is 3.79. The zero-order chi connectivity index (χ0) is 16.2. The van der Waals surface area contributed by atoms with Gasteiger partial charge in [0.1, 0.15) is 0 Å². The lowest BCUT2D eigenvalue weighted by atomic mass is 10.2. The summed E-state index contributed by atoms with van der Waals surface area (Å²) in [5.41, 5.74) is 1.78. The molecule has 0 unspecified atom stereocenters. The average molecular weight is 314 g/mol. The third kappa shape index (κ3) is 3.70. The van der Waals surface area contributed by atoms with E-state index in [0.717, 1.165) is 30.4 Å². The van der Waals surface area contributed by atoms with Crippen molar-refractivity contribution in [3.05, 3.63) is 30.3 Å². The van der Waals surface area contributed by atoms with Crippen molar-refractivity contribution in [1.82, 2.24) is 14.9 Å². The van der Waals surface area contributed by atoms with Gasteiger partial charge < -0.3 is 14.5 Å². The molecule has 3 aliphatic rings. The minimum Gasteiger partial charge on any atom is -0.449 e. The zero-order valence-corrected chi connectivity index (χ0v) is 13.6. The van der Waals surface area contributed by atoms with E-state index in [1.54, 1.807) is 4.90 Å². The van der Waals surface area contributed by atoms with Crippen LogP contribution in [0.5, 0.6) is 0 Å². The minimum atomic E-state index is -0.223. The van der Waals surface area contributed by atoms with Gasteiger partial charge in [-0.3, -0.25) is 0 Å². The molecule has 122 valence electrons. The third-order valence-corrected chi connectivity index (χ3v) is 3.79. The van der Waals surface area contributed by atoms with Gasteiger partial charge in [-0.2, -0.15) is 0 Å². The van der Waals surface area contributed by atoms with Gasteiger partial charge in [0.15, 0.2) is 0 Å². The van der Waals surface area contributed by atoms with Crippen LogP contribution >= 0.6 is 0 Å². The fourth-order valence-electron chi connectivity index (χ4n) is 2.52. The molecule has 2 aliphatic heterocycles. The number of hydrogen-bond acceptors (Lipinski definition) is 5. The molecule has 0 N–H and O–H groups in total. The molecule has 1 fully saturated rings. The van der Waals surface area contributed by atoms with Gasteiger partial charge in [0.2, 0.25) is 5.95 Å². The van der Waals surface area contributed by atoms with Crippen LogP contribution in [-0.4, -0.2) is 53.7 Å². The van der Waals surface area contributed by atoms with Gasteiger partial charge in [0.25, 0.3) is 0 Å². The summed E-state index contributed by atoms with van der Waals surface area (Å²) in [6.07, 6.45) is -0.223. The summed E-state index contributed by atoms with van der Waals surface area (Å²) in [6.45, 7) is 7.24. The van der Waals surface area contributed by atoms with Crippen LogP contribution in [0.15, 0.2) is 30.3 Å². The molecule has 2 heterocycles. The number of anilines is 1. The lowest BCUT2D eigenvalue weighted by molar-refractivity contribution is 0.0900. The standard InChI is InChI=1S/C17H22N4O2/c1-13(2)12-23-17(22)21-10-8-20(9-11-21)16-18-14-6-4-3-5-7-15(14)19-16/h3-7,13H,8-12H2,1-2H3. The SMILES string of the molecule is CC(C)COC(=O)N1CCN(c2nc3cccccc-3n2)CC1. The Hall–Kier alpha value is -2.37. The lowest BCUT2D eigenvalue weighted by Gasteiger charge is -2.33. The fourth-order valence-corrected chi connectivity index (χ4v) is 2.52. The van der Waals surface area contributed by atoms with Gasteiger partial charge >= 0.3 is 6.09 Å². The first-order chi connectivity index (χ1) is 11.1. The van der Waals surface area contributed by atoms with Crippen molar-refractivity contribution in [2.45, 2.75) is 13.8 Å². The van der Waals surface area contributed by atoms with Crippen molar-refractivity contribution >= 4 is 12.0 Å². The number of aromatic nitrogens is 2. The van der Waals surface area contributed by atoms with E-state index in [4.69, 9.17) is 4.74 Å². The number of hydrogen-bond donors (Lipinski definition) is 0. The summed E-state index contributed by atoms with van der Waals surface area (Å²) in [4.78, 5) is 25.0. The highest BCUT2D eigenvalue weighted by atomic mass is 16.6. The first kappa shape index (κ1) is 15.5. The van der Waals surface area contributed by atoms with E-state index in [1.807, 2.05) is 44.2 Å². The maximum Gasteiger partial charge on any atom is 0.409 e. The number of carbonyl (C=O) groups excluding carboxylic acids is 1. The number of amides is 1. The number of rotatable bonds is 3. The summed E-state index contributed by atoms with van der Waals surface area (Å²) < 4.78 is 5.28. The second-order valence-electron chi connectivity index (χ2n) is 6.15. The first-order valence-electron chi connectivity index (χ1n) is 8.03. The molecule has 0 aromatic carbocycles.